The first-order valence-corrected chi connectivity index (χ1v) is 10.2. The van der Waals surface area contributed by atoms with E-state index in [-0.39, 0.29) is 12.1 Å². The lowest BCUT2D eigenvalue weighted by molar-refractivity contribution is 0.527. The van der Waals surface area contributed by atoms with E-state index in [1.54, 1.807) is 0 Å². The average molecular weight is 393 g/mol. The Kier molecular flexibility index (Phi) is 4.68. The summed E-state index contributed by atoms with van der Waals surface area (Å²) < 4.78 is 2.17. The fraction of sp³-hybridized carbons (Fsp3) is 0.154. The minimum atomic E-state index is 0.0121. The lowest BCUT2D eigenvalue weighted by atomic mass is 9.92. The number of hydrazone groups is 1. The van der Waals surface area contributed by atoms with Gasteiger partial charge < -0.3 is 4.57 Å². The molecule has 148 valence electrons. The summed E-state index contributed by atoms with van der Waals surface area (Å²) in [6.07, 6.45) is 5.76. The number of benzene rings is 3. The normalized spacial score (nSPS) is 18.5. The second-order valence-corrected chi connectivity index (χ2v) is 7.84. The van der Waals surface area contributed by atoms with Crippen LogP contribution in [0.2, 0.25) is 0 Å². The summed E-state index contributed by atoms with van der Waals surface area (Å²) >= 11 is 0. The van der Waals surface area contributed by atoms with Crippen molar-refractivity contribution in [1.82, 2.24) is 9.55 Å². The molecule has 2 atom stereocenters. The molecule has 0 saturated heterocycles. The van der Waals surface area contributed by atoms with Gasteiger partial charge in [-0.25, -0.2) is 4.98 Å². The van der Waals surface area contributed by atoms with Crippen molar-refractivity contribution in [3.63, 3.8) is 0 Å². The van der Waals surface area contributed by atoms with E-state index >= 15 is 0 Å². The zero-order valence-electron chi connectivity index (χ0n) is 17.2. The average Bonchev–Trinajstić information content (AvgIpc) is 3.43. The molecule has 5 rings (SSSR count). The van der Waals surface area contributed by atoms with Crippen molar-refractivity contribution in [2.24, 2.45) is 5.10 Å². The molecule has 4 nitrogen and oxygen atoms in total. The maximum absolute atomic E-state index is 5.18. The number of anilines is 1. The molecule has 4 heteroatoms. The van der Waals surface area contributed by atoms with Crippen molar-refractivity contribution in [2.75, 3.05) is 5.01 Å². The molecule has 2 unspecified atom stereocenters. The van der Waals surface area contributed by atoms with Crippen molar-refractivity contribution < 1.29 is 0 Å². The Labute approximate surface area is 177 Å². The summed E-state index contributed by atoms with van der Waals surface area (Å²) in [5.74, 6) is 0. The van der Waals surface area contributed by atoms with Crippen LogP contribution in [0.15, 0.2) is 103 Å². The van der Waals surface area contributed by atoms with Crippen LogP contribution in [0.5, 0.6) is 0 Å². The predicted molar refractivity (Wildman–Crippen MR) is 122 cm³/mol. The molecule has 3 aromatic carbocycles. The Bertz CT molecular complexity index is 1140. The SMILES string of the molecule is Cc1ccc(C2=NN(c3ccccc3)C(c3ccc(C)cc3)C2n2ccnc2)cc1. The molecule has 0 amide bonds. The highest BCUT2D eigenvalue weighted by atomic mass is 15.5. The summed E-state index contributed by atoms with van der Waals surface area (Å²) in [6, 6.07) is 27.8. The third-order valence-corrected chi connectivity index (χ3v) is 5.69. The molecule has 0 aliphatic carbocycles. The van der Waals surface area contributed by atoms with E-state index < -0.39 is 0 Å². The van der Waals surface area contributed by atoms with Gasteiger partial charge in [0, 0.05) is 18.0 Å². The molecule has 0 radical (unpaired) electrons. The highest BCUT2D eigenvalue weighted by Gasteiger charge is 2.40. The minimum Gasteiger partial charge on any atom is -0.326 e. The lowest BCUT2D eigenvalue weighted by Crippen LogP contribution is -2.28. The molecule has 1 aromatic heterocycles. The van der Waals surface area contributed by atoms with Gasteiger partial charge >= 0.3 is 0 Å². The van der Waals surface area contributed by atoms with Crippen molar-refractivity contribution in [1.29, 1.82) is 0 Å². The summed E-state index contributed by atoms with van der Waals surface area (Å²) in [5.41, 5.74) is 6.98. The third kappa shape index (κ3) is 3.30. The van der Waals surface area contributed by atoms with Crippen molar-refractivity contribution in [3.05, 3.63) is 120 Å². The van der Waals surface area contributed by atoms with Crippen LogP contribution in [0.3, 0.4) is 0 Å². The highest BCUT2D eigenvalue weighted by Crippen LogP contribution is 2.43. The van der Waals surface area contributed by atoms with E-state index in [1.807, 2.05) is 24.8 Å². The van der Waals surface area contributed by atoms with Crippen LogP contribution in [0.4, 0.5) is 5.69 Å². The number of hydrogen-bond acceptors (Lipinski definition) is 3. The summed E-state index contributed by atoms with van der Waals surface area (Å²) in [4.78, 5) is 4.34. The van der Waals surface area contributed by atoms with Crippen LogP contribution in [0, 0.1) is 13.8 Å². The van der Waals surface area contributed by atoms with Gasteiger partial charge in [-0.2, -0.15) is 5.10 Å². The van der Waals surface area contributed by atoms with Gasteiger partial charge in [0.25, 0.3) is 0 Å². The Hall–Kier alpha value is -3.66. The van der Waals surface area contributed by atoms with E-state index in [2.05, 4.69) is 101 Å². The fourth-order valence-electron chi connectivity index (χ4n) is 4.10. The minimum absolute atomic E-state index is 0.0121. The molecular weight excluding hydrogens is 368 g/mol. The van der Waals surface area contributed by atoms with E-state index in [0.29, 0.717) is 0 Å². The van der Waals surface area contributed by atoms with Crippen LogP contribution >= 0.6 is 0 Å². The van der Waals surface area contributed by atoms with Gasteiger partial charge in [-0.3, -0.25) is 5.01 Å². The smallest absolute Gasteiger partial charge is 0.106 e. The molecule has 0 saturated carbocycles. The third-order valence-electron chi connectivity index (χ3n) is 5.69. The van der Waals surface area contributed by atoms with Gasteiger partial charge in [0.15, 0.2) is 0 Å². The Balaban J connectivity index is 1.70. The summed E-state index contributed by atoms with van der Waals surface area (Å²) in [7, 11) is 0. The molecule has 0 N–H and O–H groups in total. The van der Waals surface area contributed by atoms with Crippen molar-refractivity contribution >= 4 is 11.4 Å². The summed E-state index contributed by atoms with van der Waals surface area (Å²) in [5, 5.41) is 7.33. The van der Waals surface area contributed by atoms with Crippen LogP contribution in [-0.2, 0) is 0 Å². The molecule has 1 aliphatic heterocycles. The lowest BCUT2D eigenvalue weighted by Gasteiger charge is -2.29. The fourth-order valence-corrected chi connectivity index (χ4v) is 4.10. The monoisotopic (exact) mass is 392 g/mol. The largest absolute Gasteiger partial charge is 0.326 e. The van der Waals surface area contributed by atoms with Crippen LogP contribution in [0.1, 0.15) is 34.3 Å². The highest BCUT2D eigenvalue weighted by molar-refractivity contribution is 6.06. The summed E-state index contributed by atoms with van der Waals surface area (Å²) in [6.45, 7) is 4.23. The Morgan fingerprint density at radius 2 is 1.40 bits per heavy atom. The van der Waals surface area contributed by atoms with Gasteiger partial charge in [-0.15, -0.1) is 0 Å². The molecule has 0 bridgehead atoms. The van der Waals surface area contributed by atoms with E-state index in [9.17, 15) is 0 Å². The molecule has 30 heavy (non-hydrogen) atoms. The first-order valence-electron chi connectivity index (χ1n) is 10.2. The maximum Gasteiger partial charge on any atom is 0.106 e. The first-order chi connectivity index (χ1) is 14.7. The number of aromatic nitrogens is 2. The zero-order valence-corrected chi connectivity index (χ0v) is 17.2. The number of nitrogens with zero attached hydrogens (tertiary/aromatic N) is 4. The Morgan fingerprint density at radius 1 is 0.733 bits per heavy atom. The maximum atomic E-state index is 5.18. The van der Waals surface area contributed by atoms with Crippen LogP contribution in [-0.4, -0.2) is 15.3 Å². The second kappa shape index (κ2) is 7.64. The number of aryl methyl sites for hydroxylation is 2. The molecule has 0 spiro atoms. The topological polar surface area (TPSA) is 33.4 Å². The van der Waals surface area contributed by atoms with E-state index in [0.717, 1.165) is 17.0 Å². The van der Waals surface area contributed by atoms with Crippen LogP contribution in [0.25, 0.3) is 0 Å². The molecule has 2 heterocycles. The molecule has 1 aliphatic rings. The van der Waals surface area contributed by atoms with Crippen LogP contribution < -0.4 is 5.01 Å². The van der Waals surface area contributed by atoms with Gasteiger partial charge in [-0.1, -0.05) is 77.9 Å². The van der Waals surface area contributed by atoms with Gasteiger partial charge in [0.05, 0.1) is 17.7 Å². The van der Waals surface area contributed by atoms with E-state index in [1.165, 1.54) is 16.7 Å². The molecule has 4 aromatic rings. The quantitative estimate of drug-likeness (QED) is 0.446. The number of rotatable bonds is 4. The first kappa shape index (κ1) is 18.4. The predicted octanol–water partition coefficient (Wildman–Crippen LogP) is 5.71. The molecular formula is C26H24N4. The van der Waals surface area contributed by atoms with Gasteiger partial charge in [0.1, 0.15) is 12.1 Å². The van der Waals surface area contributed by atoms with Crippen molar-refractivity contribution in [2.45, 2.75) is 25.9 Å². The Morgan fingerprint density at radius 3 is 2.03 bits per heavy atom. The number of imidazole rings is 1. The van der Waals surface area contributed by atoms with Gasteiger partial charge in [0.2, 0.25) is 0 Å². The standard InChI is InChI=1S/C26H24N4/c1-19-8-12-21(13-9-19)24-26(29-17-16-27-18-29)25(22-14-10-20(2)11-15-22)30(28-24)23-6-4-3-5-7-23/h3-18,25-26H,1-2H3. The zero-order chi connectivity index (χ0) is 20.5. The second-order valence-electron chi connectivity index (χ2n) is 7.84. The molecule has 0 fully saturated rings. The van der Waals surface area contributed by atoms with Crippen molar-refractivity contribution in [3.8, 4) is 0 Å². The number of para-hydroxylation sites is 1. The van der Waals surface area contributed by atoms with Gasteiger partial charge in [-0.05, 0) is 31.5 Å². The van der Waals surface area contributed by atoms with E-state index in [4.69, 9.17) is 5.10 Å². The number of hydrogen-bond donors (Lipinski definition) is 0.